The van der Waals surface area contributed by atoms with E-state index in [0.717, 1.165) is 5.69 Å². The predicted molar refractivity (Wildman–Crippen MR) is 70.4 cm³/mol. The molecule has 0 bridgehead atoms. The topological polar surface area (TPSA) is 82.7 Å². The quantitative estimate of drug-likeness (QED) is 0.802. The third-order valence-corrected chi connectivity index (χ3v) is 3.87. The molecular weight excluding hydrogens is 290 g/mol. The second-order valence-electron chi connectivity index (χ2n) is 4.50. The van der Waals surface area contributed by atoms with E-state index < -0.39 is 9.05 Å². The molecule has 0 aliphatic carbocycles. The molecule has 0 fully saturated rings. The Balaban J connectivity index is 2.69. The number of halogens is 1. The summed E-state index contributed by atoms with van der Waals surface area (Å²) >= 11 is 0. The summed E-state index contributed by atoms with van der Waals surface area (Å²) in [6, 6.07) is 1.66. The number of aryl methyl sites for hydroxylation is 2. The van der Waals surface area contributed by atoms with Gasteiger partial charge in [0.1, 0.15) is 5.69 Å². The van der Waals surface area contributed by atoms with E-state index in [0.29, 0.717) is 11.5 Å². The molecule has 2 aromatic heterocycles. The van der Waals surface area contributed by atoms with Crippen molar-refractivity contribution in [1.29, 1.82) is 0 Å². The van der Waals surface area contributed by atoms with Crippen molar-refractivity contribution in [2.75, 3.05) is 0 Å². The summed E-state index contributed by atoms with van der Waals surface area (Å²) in [6.45, 7) is 5.55. The van der Waals surface area contributed by atoms with E-state index in [1.807, 2.05) is 26.8 Å². The molecule has 2 heterocycles. The first-order valence-corrected chi connectivity index (χ1v) is 7.93. The lowest BCUT2D eigenvalue weighted by molar-refractivity contribution is 0.529. The fourth-order valence-corrected chi connectivity index (χ4v) is 2.74. The maximum atomic E-state index is 11.5. The number of aromatic nitrogens is 5. The average molecular weight is 304 g/mol. The number of nitrogens with zero attached hydrogens (tertiary/aromatic N) is 5. The molecule has 0 aliphatic heterocycles. The highest BCUT2D eigenvalue weighted by Gasteiger charge is 2.26. The number of hydrogen-bond acceptors (Lipinski definition) is 5. The lowest BCUT2D eigenvalue weighted by atomic mass is 10.3. The molecule has 0 unspecified atom stereocenters. The minimum Gasteiger partial charge on any atom is -0.293 e. The Morgan fingerprint density at radius 2 is 1.95 bits per heavy atom. The first-order chi connectivity index (χ1) is 8.71. The minimum absolute atomic E-state index is 0.157. The van der Waals surface area contributed by atoms with Crippen molar-refractivity contribution in [2.45, 2.75) is 32.0 Å². The largest absolute Gasteiger partial charge is 0.296 e. The third kappa shape index (κ3) is 2.50. The molecule has 0 amide bonds. The van der Waals surface area contributed by atoms with E-state index in [1.54, 1.807) is 11.7 Å². The Bertz CT molecular complexity index is 697. The Morgan fingerprint density at radius 3 is 2.37 bits per heavy atom. The van der Waals surface area contributed by atoms with Crippen LogP contribution in [0.15, 0.2) is 11.2 Å². The van der Waals surface area contributed by atoms with E-state index >= 15 is 0 Å². The first-order valence-electron chi connectivity index (χ1n) is 5.62. The Hall–Kier alpha value is -1.41. The van der Waals surface area contributed by atoms with Crippen LogP contribution in [-0.4, -0.2) is 33.0 Å². The minimum atomic E-state index is -3.94. The maximum Gasteiger partial charge on any atom is 0.296 e. The average Bonchev–Trinajstić information content (AvgIpc) is 2.82. The second kappa shape index (κ2) is 4.61. The molecule has 0 radical (unpaired) electrons. The zero-order chi connectivity index (χ0) is 14.4. The van der Waals surface area contributed by atoms with Gasteiger partial charge in [0.2, 0.25) is 0 Å². The first kappa shape index (κ1) is 14.0. The van der Waals surface area contributed by atoms with Crippen LogP contribution in [0.5, 0.6) is 0 Å². The second-order valence-corrected chi connectivity index (χ2v) is 6.96. The zero-order valence-corrected chi connectivity index (χ0v) is 12.6. The molecule has 0 saturated heterocycles. The molecule has 0 N–H and O–H groups in total. The van der Waals surface area contributed by atoms with Crippen LogP contribution in [0.1, 0.15) is 25.6 Å². The summed E-state index contributed by atoms with van der Waals surface area (Å²) in [5.74, 6) is 0.387. The van der Waals surface area contributed by atoms with Gasteiger partial charge in [-0.2, -0.15) is 5.10 Å². The Kier molecular flexibility index (Phi) is 3.40. The standard InChI is InChI=1S/C10H14ClN5O2S/c1-6(2)16-9(8-5-7(3)15(4)14-8)12-13-10(16)19(11,17)18/h5-6H,1-4H3. The van der Waals surface area contributed by atoms with Gasteiger partial charge in [-0.05, 0) is 26.8 Å². The van der Waals surface area contributed by atoms with E-state index in [2.05, 4.69) is 15.3 Å². The summed E-state index contributed by atoms with van der Waals surface area (Å²) in [5, 5.41) is 11.6. The lowest BCUT2D eigenvalue weighted by Gasteiger charge is -2.10. The van der Waals surface area contributed by atoms with Gasteiger partial charge in [-0.3, -0.25) is 9.25 Å². The molecule has 9 heteroatoms. The van der Waals surface area contributed by atoms with Crippen molar-refractivity contribution in [3.63, 3.8) is 0 Å². The molecule has 0 spiro atoms. The Morgan fingerprint density at radius 1 is 1.32 bits per heavy atom. The maximum absolute atomic E-state index is 11.5. The van der Waals surface area contributed by atoms with Gasteiger partial charge in [0, 0.05) is 29.5 Å². The van der Waals surface area contributed by atoms with E-state index in [-0.39, 0.29) is 11.2 Å². The van der Waals surface area contributed by atoms with Gasteiger partial charge in [-0.25, -0.2) is 8.42 Å². The summed E-state index contributed by atoms with van der Waals surface area (Å²) in [7, 11) is 3.23. The van der Waals surface area contributed by atoms with Crippen LogP contribution in [-0.2, 0) is 16.1 Å². The fraction of sp³-hybridized carbons (Fsp3) is 0.500. The highest BCUT2D eigenvalue weighted by molar-refractivity contribution is 8.13. The molecule has 0 atom stereocenters. The molecule has 2 aromatic rings. The van der Waals surface area contributed by atoms with Gasteiger partial charge >= 0.3 is 0 Å². The number of hydrogen-bond donors (Lipinski definition) is 0. The molecule has 0 saturated carbocycles. The van der Waals surface area contributed by atoms with Crippen molar-refractivity contribution in [3.05, 3.63) is 11.8 Å². The van der Waals surface area contributed by atoms with E-state index in [4.69, 9.17) is 10.7 Å². The van der Waals surface area contributed by atoms with Crippen molar-refractivity contribution in [2.24, 2.45) is 7.05 Å². The van der Waals surface area contributed by atoms with Crippen LogP contribution < -0.4 is 0 Å². The molecule has 0 aromatic carbocycles. The SMILES string of the molecule is Cc1cc(-c2nnc(S(=O)(=O)Cl)n2C(C)C)nn1C. The van der Waals surface area contributed by atoms with Gasteiger partial charge in [0.05, 0.1) is 0 Å². The normalized spacial score (nSPS) is 12.3. The predicted octanol–water partition coefficient (Wildman–Crippen LogP) is 1.50. The van der Waals surface area contributed by atoms with Crippen molar-refractivity contribution in [1.82, 2.24) is 24.5 Å². The van der Waals surface area contributed by atoms with Gasteiger partial charge in [0.25, 0.3) is 14.2 Å². The highest BCUT2D eigenvalue weighted by atomic mass is 35.7. The van der Waals surface area contributed by atoms with Gasteiger partial charge < -0.3 is 0 Å². The zero-order valence-electron chi connectivity index (χ0n) is 11.0. The van der Waals surface area contributed by atoms with Crippen molar-refractivity contribution < 1.29 is 8.42 Å². The summed E-state index contributed by atoms with van der Waals surface area (Å²) < 4.78 is 26.1. The van der Waals surface area contributed by atoms with Crippen molar-refractivity contribution >= 4 is 19.7 Å². The third-order valence-electron chi connectivity index (χ3n) is 2.74. The van der Waals surface area contributed by atoms with E-state index in [9.17, 15) is 8.42 Å². The molecule has 7 nitrogen and oxygen atoms in total. The van der Waals surface area contributed by atoms with Crippen LogP contribution in [0.3, 0.4) is 0 Å². The van der Waals surface area contributed by atoms with Crippen LogP contribution in [0.4, 0.5) is 0 Å². The van der Waals surface area contributed by atoms with Crippen LogP contribution >= 0.6 is 10.7 Å². The lowest BCUT2D eigenvalue weighted by Crippen LogP contribution is -2.10. The summed E-state index contributed by atoms with van der Waals surface area (Å²) in [5.41, 5.74) is 1.50. The summed E-state index contributed by atoms with van der Waals surface area (Å²) in [4.78, 5) is 0. The van der Waals surface area contributed by atoms with Gasteiger partial charge in [0.15, 0.2) is 5.82 Å². The highest BCUT2D eigenvalue weighted by Crippen LogP contribution is 2.25. The smallest absolute Gasteiger partial charge is 0.293 e. The van der Waals surface area contributed by atoms with Gasteiger partial charge in [-0.15, -0.1) is 10.2 Å². The Labute approximate surface area is 115 Å². The molecule has 2 rings (SSSR count). The number of rotatable bonds is 3. The molecular formula is C10H14ClN5O2S. The molecule has 19 heavy (non-hydrogen) atoms. The molecule has 0 aliphatic rings. The monoisotopic (exact) mass is 303 g/mol. The fourth-order valence-electron chi connectivity index (χ4n) is 1.75. The van der Waals surface area contributed by atoms with Crippen LogP contribution in [0.25, 0.3) is 11.5 Å². The molecule has 104 valence electrons. The van der Waals surface area contributed by atoms with Crippen molar-refractivity contribution in [3.8, 4) is 11.5 Å². The van der Waals surface area contributed by atoms with E-state index in [1.165, 1.54) is 4.57 Å². The van der Waals surface area contributed by atoms with Crippen LogP contribution in [0.2, 0.25) is 0 Å². The van der Waals surface area contributed by atoms with Gasteiger partial charge in [-0.1, -0.05) is 0 Å². The summed E-state index contributed by atoms with van der Waals surface area (Å²) in [6.07, 6.45) is 0. The van der Waals surface area contributed by atoms with Crippen LogP contribution in [0, 0.1) is 6.92 Å².